The molecule has 0 aliphatic carbocycles. The van der Waals surface area contributed by atoms with E-state index in [2.05, 4.69) is 5.32 Å². The second-order valence-electron chi connectivity index (χ2n) is 9.10. The van der Waals surface area contributed by atoms with Gasteiger partial charge in [-0.3, -0.25) is 9.69 Å². The summed E-state index contributed by atoms with van der Waals surface area (Å²) >= 11 is 0. The number of methoxy groups -OCH3 is 2. The van der Waals surface area contributed by atoms with Crippen LogP contribution in [0.1, 0.15) is 44.7 Å². The summed E-state index contributed by atoms with van der Waals surface area (Å²) in [4.78, 5) is 27.6. The number of benzene rings is 1. The van der Waals surface area contributed by atoms with Crippen molar-refractivity contribution in [2.45, 2.75) is 58.2 Å². The lowest BCUT2D eigenvalue weighted by Crippen LogP contribution is -2.54. The number of amides is 2. The number of nitrogens with zero attached hydrogens (tertiary/aromatic N) is 1. The first-order valence-electron chi connectivity index (χ1n) is 10.8. The van der Waals surface area contributed by atoms with Gasteiger partial charge in [0, 0.05) is 26.2 Å². The van der Waals surface area contributed by atoms with Gasteiger partial charge in [-0.05, 0) is 62.8 Å². The van der Waals surface area contributed by atoms with Crippen LogP contribution >= 0.6 is 0 Å². The fourth-order valence-electron chi connectivity index (χ4n) is 3.97. The van der Waals surface area contributed by atoms with E-state index in [1.807, 2.05) is 32.9 Å². The molecule has 0 spiro atoms. The Morgan fingerprint density at radius 2 is 1.71 bits per heavy atom. The molecule has 172 valence electrons. The summed E-state index contributed by atoms with van der Waals surface area (Å²) in [6, 6.07) is 3.10. The molecule has 0 radical (unpaired) electrons. The third-order valence-corrected chi connectivity index (χ3v) is 5.67. The summed E-state index contributed by atoms with van der Waals surface area (Å²) in [7, 11) is 3.16. The Kier molecular flexibility index (Phi) is 7.30. The molecular formula is C23H34N2O6. The number of nitrogens with one attached hydrogen (secondary N) is 1. The van der Waals surface area contributed by atoms with Crippen molar-refractivity contribution in [1.82, 2.24) is 10.2 Å². The average Bonchev–Trinajstić information content (AvgIpc) is 2.75. The van der Waals surface area contributed by atoms with E-state index >= 15 is 0 Å². The fourth-order valence-corrected chi connectivity index (χ4v) is 3.97. The minimum Gasteiger partial charge on any atom is -0.493 e. The first-order valence-corrected chi connectivity index (χ1v) is 10.8. The van der Waals surface area contributed by atoms with Crippen molar-refractivity contribution in [3.8, 4) is 11.5 Å². The van der Waals surface area contributed by atoms with Gasteiger partial charge in [0.2, 0.25) is 5.91 Å². The van der Waals surface area contributed by atoms with E-state index in [1.165, 1.54) is 4.90 Å². The zero-order chi connectivity index (χ0) is 22.6. The van der Waals surface area contributed by atoms with Crippen LogP contribution in [-0.2, 0) is 27.2 Å². The van der Waals surface area contributed by atoms with Gasteiger partial charge in [0.05, 0.1) is 20.8 Å². The van der Waals surface area contributed by atoms with E-state index in [1.54, 1.807) is 14.2 Å². The van der Waals surface area contributed by atoms with Crippen molar-refractivity contribution in [1.29, 1.82) is 0 Å². The van der Waals surface area contributed by atoms with Gasteiger partial charge < -0.3 is 24.3 Å². The molecule has 31 heavy (non-hydrogen) atoms. The largest absolute Gasteiger partial charge is 0.493 e. The summed E-state index contributed by atoms with van der Waals surface area (Å²) < 4.78 is 21.8. The summed E-state index contributed by atoms with van der Waals surface area (Å²) in [6.45, 7) is 7.75. The number of carbonyl (C=O) groups excluding carboxylic acids is 2. The average molecular weight is 435 g/mol. The molecule has 1 aromatic carbocycles. The van der Waals surface area contributed by atoms with Gasteiger partial charge in [-0.15, -0.1) is 0 Å². The maximum Gasteiger partial charge on any atom is 0.411 e. The van der Waals surface area contributed by atoms with E-state index in [4.69, 9.17) is 18.9 Å². The Morgan fingerprint density at radius 1 is 1.10 bits per heavy atom. The van der Waals surface area contributed by atoms with Crippen LogP contribution in [0.25, 0.3) is 0 Å². The highest BCUT2D eigenvalue weighted by atomic mass is 16.6. The van der Waals surface area contributed by atoms with Gasteiger partial charge in [-0.2, -0.15) is 0 Å². The van der Waals surface area contributed by atoms with E-state index in [9.17, 15) is 9.59 Å². The minimum atomic E-state index is -0.655. The van der Waals surface area contributed by atoms with Crippen LogP contribution < -0.4 is 14.8 Å². The Hall–Kier alpha value is -2.48. The second kappa shape index (κ2) is 9.77. The van der Waals surface area contributed by atoms with Gasteiger partial charge in [0.25, 0.3) is 0 Å². The normalized spacial score (nSPS) is 19.4. The molecule has 8 heteroatoms. The van der Waals surface area contributed by atoms with Crippen molar-refractivity contribution < 1.29 is 28.5 Å². The van der Waals surface area contributed by atoms with E-state index < -0.39 is 17.7 Å². The van der Waals surface area contributed by atoms with Crippen molar-refractivity contribution in [3.63, 3.8) is 0 Å². The standard InChI is InChI=1S/C23H34N2O6/c1-23(2,3)31-22(27)25-14-17-12-20(29-5)19(28-4)11-16(17)10-18(25)21(26)24-13-15-6-8-30-9-7-15/h11-12,15,18H,6-10,13-14H2,1-5H3,(H,24,26)/t18-/m0/s1. The number of hydrogen-bond acceptors (Lipinski definition) is 6. The summed E-state index contributed by atoms with van der Waals surface area (Å²) in [5.41, 5.74) is 1.22. The quantitative estimate of drug-likeness (QED) is 0.767. The number of carbonyl (C=O) groups is 2. The van der Waals surface area contributed by atoms with Gasteiger partial charge in [-0.25, -0.2) is 4.79 Å². The molecular weight excluding hydrogens is 400 g/mol. The maximum atomic E-state index is 13.2. The highest BCUT2D eigenvalue weighted by Gasteiger charge is 2.37. The van der Waals surface area contributed by atoms with Crippen LogP contribution in [0.3, 0.4) is 0 Å². The summed E-state index contributed by atoms with van der Waals surface area (Å²) in [5.74, 6) is 1.42. The molecule has 0 bridgehead atoms. The Balaban J connectivity index is 1.82. The van der Waals surface area contributed by atoms with Gasteiger partial charge in [0.1, 0.15) is 11.6 Å². The monoisotopic (exact) mass is 434 g/mol. The third kappa shape index (κ3) is 5.81. The summed E-state index contributed by atoms with van der Waals surface area (Å²) in [6.07, 6.45) is 1.74. The van der Waals surface area contributed by atoms with E-state index in [0.29, 0.717) is 30.4 Å². The lowest BCUT2D eigenvalue weighted by atomic mass is 9.92. The van der Waals surface area contributed by atoms with Crippen molar-refractivity contribution in [2.75, 3.05) is 34.0 Å². The van der Waals surface area contributed by atoms with Crippen molar-refractivity contribution in [2.24, 2.45) is 5.92 Å². The second-order valence-corrected chi connectivity index (χ2v) is 9.10. The number of rotatable bonds is 5. The molecule has 3 rings (SSSR count). The van der Waals surface area contributed by atoms with E-state index in [0.717, 1.165) is 37.2 Å². The molecule has 2 aliphatic rings. The van der Waals surface area contributed by atoms with Crippen LogP contribution in [0.2, 0.25) is 0 Å². The summed E-state index contributed by atoms with van der Waals surface area (Å²) in [5, 5.41) is 3.05. The first-order chi connectivity index (χ1) is 14.7. The van der Waals surface area contributed by atoms with Crippen LogP contribution in [0.15, 0.2) is 12.1 Å². The van der Waals surface area contributed by atoms with Crippen LogP contribution in [-0.4, -0.2) is 62.5 Å². The topological polar surface area (TPSA) is 86.3 Å². The minimum absolute atomic E-state index is 0.169. The Bertz CT molecular complexity index is 798. The Morgan fingerprint density at radius 3 is 2.29 bits per heavy atom. The molecule has 1 fully saturated rings. The van der Waals surface area contributed by atoms with Gasteiger partial charge in [-0.1, -0.05) is 0 Å². The third-order valence-electron chi connectivity index (χ3n) is 5.67. The highest BCUT2D eigenvalue weighted by molar-refractivity contribution is 5.86. The predicted octanol–water partition coefficient (Wildman–Crippen LogP) is 2.91. The lowest BCUT2D eigenvalue weighted by Gasteiger charge is -2.37. The zero-order valence-electron chi connectivity index (χ0n) is 19.2. The maximum absolute atomic E-state index is 13.2. The molecule has 8 nitrogen and oxygen atoms in total. The molecule has 1 N–H and O–H groups in total. The molecule has 1 atom stereocenters. The van der Waals surface area contributed by atoms with E-state index in [-0.39, 0.29) is 12.5 Å². The smallest absolute Gasteiger partial charge is 0.411 e. The van der Waals surface area contributed by atoms with Crippen LogP contribution in [0.5, 0.6) is 11.5 Å². The number of ether oxygens (including phenoxy) is 4. The van der Waals surface area contributed by atoms with Crippen molar-refractivity contribution in [3.05, 3.63) is 23.3 Å². The molecule has 2 aliphatic heterocycles. The lowest BCUT2D eigenvalue weighted by molar-refractivity contribution is -0.127. The molecule has 1 aromatic rings. The molecule has 2 amide bonds. The first kappa shape index (κ1) is 23.2. The predicted molar refractivity (Wildman–Crippen MR) is 115 cm³/mol. The van der Waals surface area contributed by atoms with Crippen LogP contribution in [0, 0.1) is 5.92 Å². The van der Waals surface area contributed by atoms with Gasteiger partial charge >= 0.3 is 6.09 Å². The van der Waals surface area contributed by atoms with Gasteiger partial charge in [0.15, 0.2) is 11.5 Å². The molecule has 0 saturated carbocycles. The molecule has 0 aromatic heterocycles. The highest BCUT2D eigenvalue weighted by Crippen LogP contribution is 2.35. The number of fused-ring (bicyclic) bond motifs is 1. The van der Waals surface area contributed by atoms with Crippen molar-refractivity contribution >= 4 is 12.0 Å². The van der Waals surface area contributed by atoms with Crippen LogP contribution in [0.4, 0.5) is 4.79 Å². The molecule has 1 saturated heterocycles. The molecule has 0 unspecified atom stereocenters. The SMILES string of the molecule is COc1cc2c(cc1OC)CN(C(=O)OC(C)(C)C)[C@H](C(=O)NCC1CCOCC1)C2. The Labute approximate surface area is 184 Å². The molecule has 2 heterocycles. The number of hydrogen-bond donors (Lipinski definition) is 1. The fraction of sp³-hybridized carbons (Fsp3) is 0.652. The zero-order valence-corrected chi connectivity index (χ0v) is 19.2.